The van der Waals surface area contributed by atoms with Gasteiger partial charge in [-0.15, -0.1) is 0 Å². The first-order valence-electron chi connectivity index (χ1n) is 10.4. The number of carbonyl (C=O) groups is 1. The lowest BCUT2D eigenvalue weighted by Gasteiger charge is -2.28. The maximum absolute atomic E-state index is 12.7. The molecule has 1 aromatic carbocycles. The largest absolute Gasteiger partial charge is 0.326 e. The molecular weight excluding hydrogens is 400 g/mol. The second kappa shape index (κ2) is 8.89. The van der Waals surface area contributed by atoms with Gasteiger partial charge in [0.25, 0.3) is 0 Å². The number of anilines is 1. The van der Waals surface area contributed by atoms with Crippen LogP contribution in [0.1, 0.15) is 48.3 Å². The third-order valence-electron chi connectivity index (χ3n) is 5.65. The van der Waals surface area contributed by atoms with E-state index in [9.17, 15) is 13.2 Å². The van der Waals surface area contributed by atoms with Crippen molar-refractivity contribution in [3.05, 3.63) is 46.3 Å². The molecule has 0 spiro atoms. The normalized spacial score (nSPS) is 14.7. The summed E-state index contributed by atoms with van der Waals surface area (Å²) in [6.45, 7) is 10.1. The summed E-state index contributed by atoms with van der Waals surface area (Å²) in [4.78, 5) is 12.7. The number of hydrogen-bond acceptors (Lipinski definition) is 4. The third-order valence-corrected chi connectivity index (χ3v) is 6.90. The fourth-order valence-corrected chi connectivity index (χ4v) is 4.85. The molecule has 0 aliphatic carbocycles. The Morgan fingerprint density at radius 3 is 2.67 bits per heavy atom. The quantitative estimate of drug-likeness (QED) is 0.729. The Morgan fingerprint density at radius 1 is 1.27 bits per heavy atom. The molecule has 0 saturated carbocycles. The molecule has 0 atom stereocenters. The van der Waals surface area contributed by atoms with Crippen LogP contribution in [-0.2, 0) is 40.7 Å². The molecule has 3 rings (SSSR count). The third kappa shape index (κ3) is 5.10. The number of carbonyl (C=O) groups excluding carboxylic acids is 1. The number of amides is 1. The fraction of sp³-hybridized carbons (Fsp3) is 0.545. The molecule has 1 amide bonds. The highest BCUT2D eigenvalue weighted by Gasteiger charge is 2.25. The van der Waals surface area contributed by atoms with Crippen LogP contribution >= 0.6 is 0 Å². The zero-order chi connectivity index (χ0) is 22.1. The van der Waals surface area contributed by atoms with E-state index in [-0.39, 0.29) is 5.91 Å². The first kappa shape index (κ1) is 22.5. The van der Waals surface area contributed by atoms with Crippen molar-refractivity contribution in [2.45, 2.75) is 60.0 Å². The van der Waals surface area contributed by atoms with Crippen LogP contribution in [0.25, 0.3) is 0 Å². The van der Waals surface area contributed by atoms with Crippen molar-refractivity contribution in [3.63, 3.8) is 0 Å². The van der Waals surface area contributed by atoms with Gasteiger partial charge in [0.2, 0.25) is 15.9 Å². The summed E-state index contributed by atoms with van der Waals surface area (Å²) in [7, 11) is -3.22. The summed E-state index contributed by atoms with van der Waals surface area (Å²) < 4.78 is 27.2. The van der Waals surface area contributed by atoms with Crippen LogP contribution in [0.3, 0.4) is 0 Å². The van der Waals surface area contributed by atoms with Gasteiger partial charge in [-0.2, -0.15) is 9.40 Å². The van der Waals surface area contributed by atoms with Crippen LogP contribution in [0, 0.1) is 19.8 Å². The minimum Gasteiger partial charge on any atom is -0.326 e. The summed E-state index contributed by atoms with van der Waals surface area (Å²) in [6, 6.07) is 5.69. The van der Waals surface area contributed by atoms with Gasteiger partial charge in [0.1, 0.15) is 0 Å². The minimum absolute atomic E-state index is 0.0376. The van der Waals surface area contributed by atoms with Crippen molar-refractivity contribution in [1.82, 2.24) is 14.1 Å². The van der Waals surface area contributed by atoms with Gasteiger partial charge in [0.05, 0.1) is 11.9 Å². The van der Waals surface area contributed by atoms with E-state index in [2.05, 4.69) is 31.2 Å². The van der Waals surface area contributed by atoms with Crippen LogP contribution < -0.4 is 5.32 Å². The van der Waals surface area contributed by atoms with Gasteiger partial charge in [0, 0.05) is 37.4 Å². The number of fused-ring (bicyclic) bond motifs is 1. The van der Waals surface area contributed by atoms with Crippen molar-refractivity contribution >= 4 is 21.6 Å². The maximum Gasteiger partial charge on any atom is 0.224 e. The molecule has 30 heavy (non-hydrogen) atoms. The van der Waals surface area contributed by atoms with Gasteiger partial charge in [-0.3, -0.25) is 9.48 Å². The molecule has 0 saturated heterocycles. The zero-order valence-electron chi connectivity index (χ0n) is 18.5. The molecule has 1 aromatic heterocycles. The van der Waals surface area contributed by atoms with Gasteiger partial charge < -0.3 is 5.32 Å². The summed E-state index contributed by atoms with van der Waals surface area (Å²) in [6.07, 6.45) is 2.86. The van der Waals surface area contributed by atoms with Crippen LogP contribution in [0.4, 0.5) is 5.69 Å². The van der Waals surface area contributed by atoms with Crippen LogP contribution in [0.15, 0.2) is 18.2 Å². The Labute approximate surface area is 179 Å². The molecule has 8 heteroatoms. The van der Waals surface area contributed by atoms with E-state index in [0.29, 0.717) is 38.3 Å². The van der Waals surface area contributed by atoms with Gasteiger partial charge in [0.15, 0.2) is 0 Å². The average Bonchev–Trinajstić information content (AvgIpc) is 2.91. The molecule has 0 unspecified atom stereocenters. The molecular formula is C22H32N4O3S. The second-order valence-electron chi connectivity index (χ2n) is 8.56. The molecule has 1 N–H and O–H groups in total. The number of sulfonamides is 1. The fourth-order valence-electron chi connectivity index (χ4n) is 4.05. The van der Waals surface area contributed by atoms with E-state index in [1.54, 1.807) is 0 Å². The summed E-state index contributed by atoms with van der Waals surface area (Å²) in [5.41, 5.74) is 6.03. The van der Waals surface area contributed by atoms with Crippen molar-refractivity contribution in [1.29, 1.82) is 0 Å². The van der Waals surface area contributed by atoms with E-state index >= 15 is 0 Å². The van der Waals surface area contributed by atoms with Crippen LogP contribution in [-0.4, -0.2) is 41.2 Å². The highest BCUT2D eigenvalue weighted by molar-refractivity contribution is 7.88. The monoisotopic (exact) mass is 432 g/mol. The number of aromatic nitrogens is 2. The molecule has 2 aromatic rings. The molecule has 164 valence electrons. The number of benzene rings is 1. The molecule has 0 fully saturated rings. The van der Waals surface area contributed by atoms with Crippen molar-refractivity contribution < 1.29 is 13.2 Å². The molecule has 7 nitrogen and oxygen atoms in total. The molecule has 0 radical (unpaired) electrons. The smallest absolute Gasteiger partial charge is 0.224 e. The maximum atomic E-state index is 12.7. The topological polar surface area (TPSA) is 84.3 Å². The lowest BCUT2D eigenvalue weighted by Crippen LogP contribution is -2.35. The standard InChI is InChI=1S/C22H32N4O3S/c1-15(2)13-26-17(4)19(16(3)24-26)9-10-22(27)23-21-8-6-7-18-14-25(30(5,28)29)12-11-20(18)21/h6-8,15H,9-14H2,1-5H3,(H,23,27). The second-order valence-corrected chi connectivity index (χ2v) is 10.5. The number of nitrogens with zero attached hydrogens (tertiary/aromatic N) is 3. The van der Waals surface area contributed by atoms with Gasteiger partial charge in [-0.1, -0.05) is 26.0 Å². The summed E-state index contributed by atoms with van der Waals surface area (Å²) >= 11 is 0. The molecule has 2 heterocycles. The highest BCUT2D eigenvalue weighted by Crippen LogP contribution is 2.27. The number of aryl methyl sites for hydroxylation is 1. The number of nitrogens with one attached hydrogen (secondary N) is 1. The van der Waals surface area contributed by atoms with E-state index < -0.39 is 10.0 Å². The Bertz CT molecular complexity index is 1040. The predicted molar refractivity (Wildman–Crippen MR) is 119 cm³/mol. The van der Waals surface area contributed by atoms with Crippen molar-refractivity contribution in [2.24, 2.45) is 5.92 Å². The lowest BCUT2D eigenvalue weighted by atomic mass is 9.99. The Kier molecular flexibility index (Phi) is 6.67. The minimum atomic E-state index is -3.22. The predicted octanol–water partition coefficient (Wildman–Crippen LogP) is 3.04. The Morgan fingerprint density at radius 2 is 2.00 bits per heavy atom. The Balaban J connectivity index is 1.67. The average molecular weight is 433 g/mol. The first-order chi connectivity index (χ1) is 14.1. The Hall–Kier alpha value is -2.19. The molecule has 1 aliphatic rings. The van der Waals surface area contributed by atoms with Crippen molar-refractivity contribution in [3.8, 4) is 0 Å². The van der Waals surface area contributed by atoms with E-state index in [1.165, 1.54) is 10.6 Å². The highest BCUT2D eigenvalue weighted by atomic mass is 32.2. The lowest BCUT2D eigenvalue weighted by molar-refractivity contribution is -0.116. The van der Waals surface area contributed by atoms with Gasteiger partial charge in [-0.05, 0) is 55.4 Å². The summed E-state index contributed by atoms with van der Waals surface area (Å²) in [5, 5.41) is 7.67. The zero-order valence-corrected chi connectivity index (χ0v) is 19.3. The van der Waals surface area contributed by atoms with Crippen LogP contribution in [0.2, 0.25) is 0 Å². The molecule has 0 bridgehead atoms. The van der Waals surface area contributed by atoms with E-state index in [1.807, 2.05) is 29.8 Å². The van der Waals surface area contributed by atoms with Crippen molar-refractivity contribution in [2.75, 3.05) is 18.1 Å². The van der Waals surface area contributed by atoms with Gasteiger partial charge in [-0.25, -0.2) is 8.42 Å². The van der Waals surface area contributed by atoms with E-state index in [0.717, 1.165) is 40.3 Å². The first-order valence-corrected chi connectivity index (χ1v) is 12.3. The van der Waals surface area contributed by atoms with E-state index in [4.69, 9.17) is 0 Å². The summed E-state index contributed by atoms with van der Waals surface area (Å²) in [5.74, 6) is 0.478. The number of hydrogen-bond donors (Lipinski definition) is 1. The van der Waals surface area contributed by atoms with Gasteiger partial charge >= 0.3 is 0 Å². The number of rotatable bonds is 7. The molecule has 1 aliphatic heterocycles. The SMILES string of the molecule is Cc1nn(CC(C)C)c(C)c1CCC(=O)Nc1cccc2c1CCN(S(C)(=O)=O)C2. The van der Waals surface area contributed by atoms with Crippen LogP contribution in [0.5, 0.6) is 0 Å².